The fourth-order valence-electron chi connectivity index (χ4n) is 2.80. The van der Waals surface area contributed by atoms with E-state index < -0.39 is 5.60 Å². The average Bonchev–Trinajstić information content (AvgIpc) is 2.43. The Balaban J connectivity index is 1.89. The second-order valence-electron chi connectivity index (χ2n) is 7.29. The Kier molecular flexibility index (Phi) is 5.44. The first-order chi connectivity index (χ1) is 10.7. The number of carbonyl (C=O) groups is 1. The van der Waals surface area contributed by atoms with Crippen molar-refractivity contribution in [2.75, 3.05) is 24.5 Å². The van der Waals surface area contributed by atoms with E-state index in [0.29, 0.717) is 12.5 Å². The second-order valence-corrected chi connectivity index (χ2v) is 7.29. The van der Waals surface area contributed by atoms with Crippen molar-refractivity contribution in [1.82, 2.24) is 15.3 Å². The molecule has 1 N–H and O–H groups in total. The third-order valence-electron chi connectivity index (χ3n) is 3.71. The van der Waals surface area contributed by atoms with Gasteiger partial charge in [-0.3, -0.25) is 0 Å². The summed E-state index contributed by atoms with van der Waals surface area (Å²) in [7, 11) is 0. The third-order valence-corrected chi connectivity index (χ3v) is 3.71. The van der Waals surface area contributed by atoms with Crippen LogP contribution in [0.1, 0.15) is 45.0 Å². The Morgan fingerprint density at radius 1 is 1.35 bits per heavy atom. The molecule has 1 aliphatic heterocycles. The van der Waals surface area contributed by atoms with Gasteiger partial charge in [-0.05, 0) is 59.4 Å². The van der Waals surface area contributed by atoms with Crippen LogP contribution in [-0.2, 0) is 4.74 Å². The summed E-state index contributed by atoms with van der Waals surface area (Å²) in [6, 6.07) is 1.98. The maximum absolute atomic E-state index is 11.8. The molecule has 0 radical (unpaired) electrons. The van der Waals surface area contributed by atoms with Gasteiger partial charge in [-0.2, -0.15) is 0 Å². The van der Waals surface area contributed by atoms with Gasteiger partial charge in [-0.25, -0.2) is 14.8 Å². The van der Waals surface area contributed by atoms with Gasteiger partial charge in [-0.15, -0.1) is 0 Å². The summed E-state index contributed by atoms with van der Waals surface area (Å²) in [4.78, 5) is 23.1. The fraction of sp³-hybridized carbons (Fsp3) is 0.706. The molecule has 1 aromatic rings. The van der Waals surface area contributed by atoms with E-state index >= 15 is 0 Å². The molecular formula is C17H28N4O2. The number of hydrogen-bond acceptors (Lipinski definition) is 5. The van der Waals surface area contributed by atoms with Gasteiger partial charge in [0.25, 0.3) is 0 Å². The lowest BCUT2D eigenvalue weighted by molar-refractivity contribution is 0.0517. The topological polar surface area (TPSA) is 67.4 Å². The monoisotopic (exact) mass is 320 g/mol. The van der Waals surface area contributed by atoms with E-state index in [1.807, 2.05) is 40.7 Å². The third kappa shape index (κ3) is 5.69. The second kappa shape index (κ2) is 7.15. The Morgan fingerprint density at radius 3 is 2.61 bits per heavy atom. The lowest BCUT2D eigenvalue weighted by Gasteiger charge is -2.33. The molecule has 0 bridgehead atoms. The normalized spacial score (nSPS) is 18.7. The number of alkyl carbamates (subject to hydrolysis) is 1. The number of ether oxygens (including phenoxy) is 1. The van der Waals surface area contributed by atoms with Gasteiger partial charge >= 0.3 is 6.09 Å². The molecule has 0 unspecified atom stereocenters. The molecule has 2 heterocycles. The molecule has 0 saturated carbocycles. The van der Waals surface area contributed by atoms with Crippen LogP contribution < -0.4 is 10.2 Å². The zero-order chi connectivity index (χ0) is 17.0. The summed E-state index contributed by atoms with van der Waals surface area (Å²) >= 11 is 0. The Bertz CT molecular complexity index is 534. The first-order valence-electron chi connectivity index (χ1n) is 8.27. The molecule has 6 heteroatoms. The van der Waals surface area contributed by atoms with Crippen molar-refractivity contribution < 1.29 is 9.53 Å². The summed E-state index contributed by atoms with van der Waals surface area (Å²) in [6.45, 7) is 12.0. The number of rotatable bonds is 3. The van der Waals surface area contributed by atoms with Gasteiger partial charge in [0.2, 0.25) is 5.95 Å². The number of hydrogen-bond donors (Lipinski definition) is 1. The summed E-state index contributed by atoms with van der Waals surface area (Å²) < 4.78 is 5.28. The van der Waals surface area contributed by atoms with Crippen molar-refractivity contribution in [2.24, 2.45) is 5.92 Å². The molecule has 1 fully saturated rings. The predicted octanol–water partition coefficient (Wildman–Crippen LogP) is 2.83. The van der Waals surface area contributed by atoms with Gasteiger partial charge in [0.1, 0.15) is 5.60 Å². The highest BCUT2D eigenvalue weighted by molar-refractivity contribution is 5.67. The van der Waals surface area contributed by atoms with Gasteiger partial charge in [0.05, 0.1) is 0 Å². The van der Waals surface area contributed by atoms with Crippen molar-refractivity contribution in [2.45, 2.75) is 53.1 Å². The first kappa shape index (κ1) is 17.5. The molecule has 1 amide bonds. The molecule has 6 nitrogen and oxygen atoms in total. The van der Waals surface area contributed by atoms with E-state index in [0.717, 1.165) is 43.3 Å². The summed E-state index contributed by atoms with van der Waals surface area (Å²) in [6.07, 6.45) is 1.82. The van der Waals surface area contributed by atoms with Crippen LogP contribution in [0.5, 0.6) is 0 Å². The molecule has 0 spiro atoms. The van der Waals surface area contributed by atoms with Crippen molar-refractivity contribution in [3.05, 3.63) is 17.5 Å². The summed E-state index contributed by atoms with van der Waals surface area (Å²) in [5, 5.41) is 2.88. The molecule has 1 saturated heterocycles. The van der Waals surface area contributed by atoms with E-state index in [2.05, 4.69) is 20.2 Å². The zero-order valence-electron chi connectivity index (χ0n) is 14.8. The average molecular weight is 320 g/mol. The molecular weight excluding hydrogens is 292 g/mol. The zero-order valence-corrected chi connectivity index (χ0v) is 14.8. The Labute approximate surface area is 138 Å². The largest absolute Gasteiger partial charge is 0.444 e. The van der Waals surface area contributed by atoms with Crippen LogP contribution in [0.25, 0.3) is 0 Å². The van der Waals surface area contributed by atoms with Crippen LogP contribution in [0.2, 0.25) is 0 Å². The fourth-order valence-corrected chi connectivity index (χ4v) is 2.80. The minimum Gasteiger partial charge on any atom is -0.444 e. The van der Waals surface area contributed by atoms with Crippen LogP contribution in [0.3, 0.4) is 0 Å². The quantitative estimate of drug-likeness (QED) is 0.927. The van der Waals surface area contributed by atoms with E-state index in [1.54, 1.807) is 0 Å². The molecule has 1 aliphatic rings. The van der Waals surface area contributed by atoms with Gasteiger partial charge < -0.3 is 15.0 Å². The summed E-state index contributed by atoms with van der Waals surface area (Å²) in [5.41, 5.74) is 1.51. The number of piperidine rings is 1. The maximum Gasteiger partial charge on any atom is 0.407 e. The smallest absolute Gasteiger partial charge is 0.407 e. The minimum absolute atomic E-state index is 0.350. The van der Waals surface area contributed by atoms with Crippen LogP contribution in [0.4, 0.5) is 10.7 Å². The number of nitrogens with one attached hydrogen (secondary N) is 1. The van der Waals surface area contributed by atoms with E-state index in [4.69, 9.17) is 4.74 Å². The standard InChI is InChI=1S/C17H28N4O2/c1-12-9-13(2)20-15(19-12)21-8-6-7-14(11-21)10-18-16(22)23-17(3,4)5/h9,14H,6-8,10-11H2,1-5H3,(H,18,22)/t14-/m0/s1. The minimum atomic E-state index is -0.463. The number of aryl methyl sites for hydroxylation is 2. The lowest BCUT2D eigenvalue weighted by atomic mass is 9.98. The van der Waals surface area contributed by atoms with Gasteiger partial charge in [0.15, 0.2) is 0 Å². The van der Waals surface area contributed by atoms with Crippen molar-refractivity contribution in [3.8, 4) is 0 Å². The highest BCUT2D eigenvalue weighted by Crippen LogP contribution is 2.20. The number of amides is 1. The van der Waals surface area contributed by atoms with Crippen LogP contribution in [-0.4, -0.2) is 41.3 Å². The predicted molar refractivity (Wildman–Crippen MR) is 90.7 cm³/mol. The van der Waals surface area contributed by atoms with Crippen molar-refractivity contribution in [3.63, 3.8) is 0 Å². The molecule has 1 atom stereocenters. The highest BCUT2D eigenvalue weighted by Gasteiger charge is 2.23. The molecule has 0 aliphatic carbocycles. The maximum atomic E-state index is 11.8. The van der Waals surface area contributed by atoms with Crippen LogP contribution in [0, 0.1) is 19.8 Å². The van der Waals surface area contributed by atoms with E-state index in [1.165, 1.54) is 0 Å². The summed E-state index contributed by atoms with van der Waals surface area (Å²) in [5.74, 6) is 1.19. The number of nitrogens with zero attached hydrogens (tertiary/aromatic N) is 3. The number of aromatic nitrogens is 2. The van der Waals surface area contributed by atoms with Gasteiger partial charge in [0, 0.05) is 31.0 Å². The van der Waals surface area contributed by atoms with Crippen molar-refractivity contribution >= 4 is 12.0 Å². The molecule has 23 heavy (non-hydrogen) atoms. The molecule has 1 aromatic heterocycles. The van der Waals surface area contributed by atoms with Crippen LogP contribution >= 0.6 is 0 Å². The number of anilines is 1. The first-order valence-corrected chi connectivity index (χ1v) is 8.27. The SMILES string of the molecule is Cc1cc(C)nc(N2CCC[C@@H](CNC(=O)OC(C)(C)C)C2)n1. The Hall–Kier alpha value is -1.85. The highest BCUT2D eigenvalue weighted by atomic mass is 16.6. The van der Waals surface area contributed by atoms with E-state index in [-0.39, 0.29) is 6.09 Å². The number of carbonyl (C=O) groups excluding carboxylic acids is 1. The Morgan fingerprint density at radius 2 is 2.00 bits per heavy atom. The van der Waals surface area contributed by atoms with Gasteiger partial charge in [-0.1, -0.05) is 0 Å². The molecule has 2 rings (SSSR count). The lowest BCUT2D eigenvalue weighted by Crippen LogP contribution is -2.42. The van der Waals surface area contributed by atoms with E-state index in [9.17, 15) is 4.79 Å². The van der Waals surface area contributed by atoms with Crippen molar-refractivity contribution in [1.29, 1.82) is 0 Å². The van der Waals surface area contributed by atoms with Crippen LogP contribution in [0.15, 0.2) is 6.07 Å². The molecule has 128 valence electrons. The molecule has 0 aromatic carbocycles.